The third-order valence-electron chi connectivity index (χ3n) is 8.01. The van der Waals surface area contributed by atoms with E-state index < -0.39 is 0 Å². The van der Waals surface area contributed by atoms with Crippen LogP contribution in [0, 0.1) is 13.8 Å². The molecule has 0 spiro atoms. The van der Waals surface area contributed by atoms with Crippen LogP contribution in [0.2, 0.25) is 0 Å². The molecule has 2 fully saturated rings. The van der Waals surface area contributed by atoms with E-state index >= 15 is 0 Å². The van der Waals surface area contributed by atoms with Gasteiger partial charge in [0, 0.05) is 46.1 Å². The van der Waals surface area contributed by atoms with Crippen molar-refractivity contribution in [1.29, 1.82) is 0 Å². The molecule has 3 aromatic rings. The standard InChI is InChI=1S/C28H38N4/c1-19(2)31-15-10-25(11-16-31)32-13-8-22(9-14-32)23-5-6-27-26(18-23)21(4)28(30-27)24-7-12-29-20(3)17-24/h5-7,12,17-19,22,25,30H,8-11,13-16H2,1-4H3. The smallest absolute Gasteiger partial charge is 0.0495 e. The van der Waals surface area contributed by atoms with E-state index in [2.05, 4.69) is 77.8 Å². The first-order valence-corrected chi connectivity index (χ1v) is 12.5. The highest BCUT2D eigenvalue weighted by molar-refractivity contribution is 5.91. The van der Waals surface area contributed by atoms with Crippen LogP contribution in [-0.2, 0) is 0 Å². The zero-order valence-corrected chi connectivity index (χ0v) is 20.2. The second-order valence-electron chi connectivity index (χ2n) is 10.3. The molecule has 0 atom stereocenters. The van der Waals surface area contributed by atoms with E-state index in [0.29, 0.717) is 12.0 Å². The molecule has 32 heavy (non-hydrogen) atoms. The zero-order chi connectivity index (χ0) is 22.2. The molecule has 4 heterocycles. The first-order valence-electron chi connectivity index (χ1n) is 12.5. The first-order chi connectivity index (χ1) is 15.5. The lowest BCUT2D eigenvalue weighted by molar-refractivity contribution is 0.0753. The summed E-state index contributed by atoms with van der Waals surface area (Å²) in [5, 5.41) is 1.37. The Bertz CT molecular complexity index is 1070. The Morgan fingerprint density at radius 3 is 2.38 bits per heavy atom. The van der Waals surface area contributed by atoms with Crippen LogP contribution >= 0.6 is 0 Å². The molecule has 0 aliphatic carbocycles. The minimum Gasteiger partial charge on any atom is -0.354 e. The maximum absolute atomic E-state index is 4.36. The molecular formula is C28H38N4. The van der Waals surface area contributed by atoms with Crippen molar-refractivity contribution in [3.63, 3.8) is 0 Å². The highest BCUT2D eigenvalue weighted by Crippen LogP contribution is 2.35. The SMILES string of the molecule is Cc1cc(-c2[nH]c3ccc(C4CCN(C5CCN(C(C)C)CC5)CC4)cc3c2C)ccn1. The Morgan fingerprint density at radius 2 is 1.69 bits per heavy atom. The fourth-order valence-corrected chi connectivity index (χ4v) is 5.95. The van der Waals surface area contributed by atoms with Crippen LogP contribution in [0.5, 0.6) is 0 Å². The Kier molecular flexibility index (Phi) is 6.09. The minimum atomic E-state index is 0.687. The molecule has 2 aliphatic heterocycles. The average molecular weight is 431 g/mol. The maximum atomic E-state index is 4.36. The Labute approximate surface area is 193 Å². The van der Waals surface area contributed by atoms with E-state index in [1.165, 1.54) is 85.1 Å². The number of aromatic nitrogens is 2. The number of hydrogen-bond donors (Lipinski definition) is 1. The average Bonchev–Trinajstić information content (AvgIpc) is 3.15. The molecule has 0 unspecified atom stereocenters. The fraction of sp³-hybridized carbons (Fsp3) is 0.536. The van der Waals surface area contributed by atoms with E-state index in [-0.39, 0.29) is 0 Å². The van der Waals surface area contributed by atoms with Gasteiger partial charge in [-0.25, -0.2) is 0 Å². The molecule has 0 radical (unpaired) electrons. The van der Waals surface area contributed by atoms with Crippen molar-refractivity contribution in [2.45, 2.75) is 71.4 Å². The molecule has 5 rings (SSSR count). The summed E-state index contributed by atoms with van der Waals surface area (Å²) in [6, 6.07) is 12.9. The van der Waals surface area contributed by atoms with Gasteiger partial charge in [0.25, 0.3) is 0 Å². The zero-order valence-electron chi connectivity index (χ0n) is 20.2. The number of aryl methyl sites for hydroxylation is 2. The summed E-state index contributed by atoms with van der Waals surface area (Å²) in [5.41, 5.74) is 7.62. The summed E-state index contributed by atoms with van der Waals surface area (Å²) in [6.45, 7) is 14.0. The largest absolute Gasteiger partial charge is 0.354 e. The molecule has 2 aliphatic rings. The molecule has 0 amide bonds. The van der Waals surface area contributed by atoms with Gasteiger partial charge >= 0.3 is 0 Å². The van der Waals surface area contributed by atoms with Crippen molar-refractivity contribution in [2.24, 2.45) is 0 Å². The summed E-state index contributed by atoms with van der Waals surface area (Å²) in [7, 11) is 0. The number of benzene rings is 1. The van der Waals surface area contributed by atoms with Crippen LogP contribution in [0.25, 0.3) is 22.2 Å². The van der Waals surface area contributed by atoms with Gasteiger partial charge in [0.15, 0.2) is 0 Å². The second-order valence-corrected chi connectivity index (χ2v) is 10.3. The highest BCUT2D eigenvalue weighted by atomic mass is 15.2. The van der Waals surface area contributed by atoms with Gasteiger partial charge in [-0.1, -0.05) is 6.07 Å². The van der Waals surface area contributed by atoms with Crippen molar-refractivity contribution >= 4 is 10.9 Å². The van der Waals surface area contributed by atoms with Crippen LogP contribution in [0.3, 0.4) is 0 Å². The second kappa shape index (κ2) is 8.99. The number of pyridine rings is 1. The molecule has 0 bridgehead atoms. The van der Waals surface area contributed by atoms with Gasteiger partial charge in [-0.15, -0.1) is 0 Å². The summed E-state index contributed by atoms with van der Waals surface area (Å²) in [5.74, 6) is 0.687. The lowest BCUT2D eigenvalue weighted by Gasteiger charge is -2.42. The molecule has 170 valence electrons. The number of aromatic amines is 1. The summed E-state index contributed by atoms with van der Waals surface area (Å²) in [6.07, 6.45) is 7.16. The Balaban J connectivity index is 1.27. The van der Waals surface area contributed by atoms with Crippen molar-refractivity contribution < 1.29 is 0 Å². The van der Waals surface area contributed by atoms with Crippen LogP contribution in [0.4, 0.5) is 0 Å². The van der Waals surface area contributed by atoms with Crippen LogP contribution in [-0.4, -0.2) is 58.0 Å². The molecule has 4 heteroatoms. The summed E-state index contributed by atoms with van der Waals surface area (Å²) in [4.78, 5) is 13.4. The number of rotatable bonds is 4. The van der Waals surface area contributed by atoms with Crippen LogP contribution < -0.4 is 0 Å². The summed E-state index contributed by atoms with van der Waals surface area (Å²) < 4.78 is 0. The Morgan fingerprint density at radius 1 is 0.938 bits per heavy atom. The van der Waals surface area contributed by atoms with E-state index in [1.54, 1.807) is 0 Å². The van der Waals surface area contributed by atoms with E-state index in [9.17, 15) is 0 Å². The van der Waals surface area contributed by atoms with Gasteiger partial charge in [-0.2, -0.15) is 0 Å². The third-order valence-corrected chi connectivity index (χ3v) is 8.01. The number of piperidine rings is 2. The van der Waals surface area contributed by atoms with Crippen molar-refractivity contribution in [2.75, 3.05) is 26.2 Å². The molecule has 1 N–H and O–H groups in total. The molecule has 0 saturated carbocycles. The fourth-order valence-electron chi connectivity index (χ4n) is 5.95. The van der Waals surface area contributed by atoms with Gasteiger partial charge in [-0.05, 0) is 121 Å². The quantitative estimate of drug-likeness (QED) is 0.560. The third kappa shape index (κ3) is 4.23. The van der Waals surface area contributed by atoms with Gasteiger partial charge in [0.05, 0.1) is 0 Å². The first kappa shape index (κ1) is 21.7. The minimum absolute atomic E-state index is 0.687. The predicted molar refractivity (Wildman–Crippen MR) is 134 cm³/mol. The van der Waals surface area contributed by atoms with Gasteiger partial charge in [-0.3, -0.25) is 4.98 Å². The summed E-state index contributed by atoms with van der Waals surface area (Å²) >= 11 is 0. The molecule has 2 aromatic heterocycles. The highest BCUT2D eigenvalue weighted by Gasteiger charge is 2.29. The van der Waals surface area contributed by atoms with Crippen LogP contribution in [0.15, 0.2) is 36.5 Å². The molecule has 4 nitrogen and oxygen atoms in total. The lowest BCUT2D eigenvalue weighted by atomic mass is 9.87. The molecular weight excluding hydrogens is 392 g/mol. The lowest BCUT2D eigenvalue weighted by Crippen LogP contribution is -2.48. The maximum Gasteiger partial charge on any atom is 0.0495 e. The van der Waals surface area contributed by atoms with E-state index in [0.717, 1.165) is 11.7 Å². The number of likely N-dealkylation sites (tertiary alicyclic amines) is 2. The molecule has 1 aromatic carbocycles. The predicted octanol–water partition coefficient (Wildman–Crippen LogP) is 5.90. The van der Waals surface area contributed by atoms with Crippen molar-refractivity contribution in [3.05, 3.63) is 53.3 Å². The monoisotopic (exact) mass is 430 g/mol. The van der Waals surface area contributed by atoms with Gasteiger partial charge in [0.2, 0.25) is 0 Å². The van der Waals surface area contributed by atoms with Gasteiger partial charge < -0.3 is 14.8 Å². The number of H-pyrrole nitrogens is 1. The number of fused-ring (bicyclic) bond motifs is 1. The topological polar surface area (TPSA) is 35.2 Å². The van der Waals surface area contributed by atoms with Crippen molar-refractivity contribution in [1.82, 2.24) is 19.8 Å². The number of nitrogens with zero attached hydrogens (tertiary/aromatic N) is 3. The van der Waals surface area contributed by atoms with Crippen LogP contribution in [0.1, 0.15) is 62.3 Å². The van der Waals surface area contributed by atoms with Crippen molar-refractivity contribution in [3.8, 4) is 11.3 Å². The number of nitrogens with one attached hydrogen (secondary N) is 1. The Hall–Kier alpha value is -2.17. The number of hydrogen-bond acceptors (Lipinski definition) is 3. The van der Waals surface area contributed by atoms with E-state index in [1.807, 2.05) is 6.20 Å². The van der Waals surface area contributed by atoms with Gasteiger partial charge in [0.1, 0.15) is 0 Å². The normalized spacial score (nSPS) is 19.9. The molecule has 2 saturated heterocycles. The van der Waals surface area contributed by atoms with E-state index in [4.69, 9.17) is 0 Å².